The molecule has 1 aromatic carbocycles. The molecule has 18 heavy (non-hydrogen) atoms. The molecule has 2 aliphatic heterocycles. The zero-order valence-electron chi connectivity index (χ0n) is 10.3. The molecule has 0 spiro atoms. The first-order chi connectivity index (χ1) is 8.51. The summed E-state index contributed by atoms with van der Waals surface area (Å²) in [5, 5.41) is 3.46. The molecule has 5 nitrogen and oxygen atoms in total. The summed E-state index contributed by atoms with van der Waals surface area (Å²) in [6, 6.07) is 8.79. The summed E-state index contributed by atoms with van der Waals surface area (Å²) < 4.78 is 24.7. The van der Waals surface area contributed by atoms with Crippen LogP contribution in [0.4, 0.5) is 11.4 Å². The number of nitrogens with one attached hydrogen (secondary N) is 2. The lowest BCUT2D eigenvalue weighted by Gasteiger charge is -2.29. The fourth-order valence-corrected chi connectivity index (χ4v) is 3.38. The normalized spacial score (nSPS) is 26.6. The van der Waals surface area contributed by atoms with E-state index in [9.17, 15) is 8.42 Å². The monoisotopic (exact) mass is 267 g/mol. The Kier molecular flexibility index (Phi) is 2.71. The summed E-state index contributed by atoms with van der Waals surface area (Å²) in [6.45, 7) is 2.09. The van der Waals surface area contributed by atoms with Crippen LogP contribution in [0.5, 0.6) is 0 Å². The van der Waals surface area contributed by atoms with E-state index in [1.165, 1.54) is 12.1 Å². The predicted molar refractivity (Wildman–Crippen MR) is 72.5 cm³/mol. The Morgan fingerprint density at radius 2 is 2.06 bits per heavy atom. The van der Waals surface area contributed by atoms with Crippen LogP contribution < -0.4 is 14.9 Å². The number of piperazine rings is 1. The molecule has 2 N–H and O–H groups in total. The largest absolute Gasteiger partial charge is 0.366 e. The number of nitrogens with zero attached hydrogens (tertiary/aromatic N) is 1. The minimum absolute atomic E-state index is 0.587. The van der Waals surface area contributed by atoms with Crippen LogP contribution in [0.1, 0.15) is 6.42 Å². The van der Waals surface area contributed by atoms with Crippen molar-refractivity contribution >= 4 is 21.4 Å². The number of hydrogen-bond acceptors (Lipinski definition) is 4. The molecule has 1 aromatic rings. The van der Waals surface area contributed by atoms with Gasteiger partial charge in [-0.3, -0.25) is 4.72 Å². The van der Waals surface area contributed by atoms with Gasteiger partial charge in [0.05, 0.1) is 6.26 Å². The van der Waals surface area contributed by atoms with Crippen molar-refractivity contribution in [3.63, 3.8) is 0 Å². The van der Waals surface area contributed by atoms with Gasteiger partial charge in [-0.2, -0.15) is 0 Å². The molecule has 2 saturated heterocycles. The van der Waals surface area contributed by atoms with Crippen LogP contribution in [-0.2, 0) is 10.0 Å². The van der Waals surface area contributed by atoms with Crippen LogP contribution in [0.3, 0.4) is 0 Å². The van der Waals surface area contributed by atoms with Gasteiger partial charge in [0, 0.05) is 36.5 Å². The Hall–Kier alpha value is -1.27. The van der Waals surface area contributed by atoms with Gasteiger partial charge in [0.15, 0.2) is 0 Å². The molecule has 0 unspecified atom stereocenters. The van der Waals surface area contributed by atoms with Gasteiger partial charge in [-0.05, 0) is 30.7 Å². The summed E-state index contributed by atoms with van der Waals surface area (Å²) in [7, 11) is -3.19. The summed E-state index contributed by atoms with van der Waals surface area (Å²) in [4.78, 5) is 2.39. The second kappa shape index (κ2) is 4.13. The molecule has 2 fully saturated rings. The molecular weight excluding hydrogens is 250 g/mol. The van der Waals surface area contributed by atoms with E-state index in [0.29, 0.717) is 17.8 Å². The van der Waals surface area contributed by atoms with Gasteiger partial charge < -0.3 is 10.2 Å². The molecule has 2 heterocycles. The maximum atomic E-state index is 11.1. The number of rotatable bonds is 3. The van der Waals surface area contributed by atoms with E-state index in [1.807, 2.05) is 24.3 Å². The molecule has 0 radical (unpaired) electrons. The van der Waals surface area contributed by atoms with Gasteiger partial charge in [0.1, 0.15) is 0 Å². The van der Waals surface area contributed by atoms with E-state index in [2.05, 4.69) is 14.9 Å². The smallest absolute Gasteiger partial charge is 0.229 e. The number of sulfonamides is 1. The first-order valence-corrected chi connectivity index (χ1v) is 7.98. The summed E-state index contributed by atoms with van der Waals surface area (Å²) in [6.07, 6.45) is 2.37. The summed E-state index contributed by atoms with van der Waals surface area (Å²) in [5.74, 6) is 0. The lowest BCUT2D eigenvalue weighted by atomic mass is 10.2. The van der Waals surface area contributed by atoms with E-state index in [-0.39, 0.29) is 0 Å². The van der Waals surface area contributed by atoms with E-state index in [4.69, 9.17) is 0 Å². The molecule has 0 aromatic heterocycles. The molecule has 2 atom stereocenters. The molecule has 2 bridgehead atoms. The highest BCUT2D eigenvalue weighted by Crippen LogP contribution is 2.30. The van der Waals surface area contributed by atoms with Crippen LogP contribution in [0.2, 0.25) is 0 Å². The standard InChI is InChI=1S/C12H17N3O2S/c1-18(16,17)14-9-2-4-11(5-3-9)15-8-10-6-12(15)7-13-10/h2-5,10,12-14H,6-8H2,1H3/t10-,12-/m0/s1. The Morgan fingerprint density at radius 3 is 2.56 bits per heavy atom. The average Bonchev–Trinajstić information content (AvgIpc) is 2.89. The fraction of sp³-hybridized carbons (Fsp3) is 0.500. The SMILES string of the molecule is CS(=O)(=O)Nc1ccc(N2C[C@@H]3C[C@H]2CN3)cc1. The van der Waals surface area contributed by atoms with Gasteiger partial charge >= 0.3 is 0 Å². The van der Waals surface area contributed by atoms with Crippen molar-refractivity contribution < 1.29 is 8.42 Å². The Labute approximate surface area is 107 Å². The average molecular weight is 267 g/mol. The van der Waals surface area contributed by atoms with Crippen LogP contribution in [-0.4, -0.2) is 39.8 Å². The Balaban J connectivity index is 1.75. The van der Waals surface area contributed by atoms with Gasteiger partial charge in [0.25, 0.3) is 0 Å². The highest BCUT2D eigenvalue weighted by Gasteiger charge is 2.37. The quantitative estimate of drug-likeness (QED) is 0.842. The lowest BCUT2D eigenvalue weighted by Crippen LogP contribution is -2.43. The number of fused-ring (bicyclic) bond motifs is 2. The minimum Gasteiger partial charge on any atom is -0.366 e. The second-order valence-corrected chi connectivity index (χ2v) is 6.82. The van der Waals surface area contributed by atoms with Crippen LogP contribution in [0.15, 0.2) is 24.3 Å². The van der Waals surface area contributed by atoms with Crippen molar-refractivity contribution in [3.05, 3.63) is 24.3 Å². The van der Waals surface area contributed by atoms with Crippen molar-refractivity contribution in [2.75, 3.05) is 29.0 Å². The Bertz CT molecular complexity index is 541. The van der Waals surface area contributed by atoms with Crippen molar-refractivity contribution in [1.82, 2.24) is 5.32 Å². The Morgan fingerprint density at radius 1 is 1.33 bits per heavy atom. The van der Waals surface area contributed by atoms with Crippen LogP contribution >= 0.6 is 0 Å². The first kappa shape index (κ1) is 11.8. The minimum atomic E-state index is -3.19. The number of anilines is 2. The van der Waals surface area contributed by atoms with Gasteiger partial charge in [-0.25, -0.2) is 8.42 Å². The molecule has 3 rings (SSSR count). The fourth-order valence-electron chi connectivity index (χ4n) is 2.81. The summed E-state index contributed by atoms with van der Waals surface area (Å²) in [5.41, 5.74) is 1.78. The van der Waals surface area contributed by atoms with Crippen LogP contribution in [0, 0.1) is 0 Å². The molecule has 0 aliphatic carbocycles. The zero-order valence-corrected chi connectivity index (χ0v) is 11.1. The third kappa shape index (κ3) is 2.30. The second-order valence-electron chi connectivity index (χ2n) is 5.07. The first-order valence-electron chi connectivity index (χ1n) is 6.09. The number of hydrogen-bond donors (Lipinski definition) is 2. The van der Waals surface area contributed by atoms with Crippen LogP contribution in [0.25, 0.3) is 0 Å². The van der Waals surface area contributed by atoms with Crippen molar-refractivity contribution in [3.8, 4) is 0 Å². The molecule has 0 amide bonds. The highest BCUT2D eigenvalue weighted by molar-refractivity contribution is 7.92. The van der Waals surface area contributed by atoms with E-state index in [1.54, 1.807) is 0 Å². The molecule has 6 heteroatoms. The van der Waals surface area contributed by atoms with E-state index < -0.39 is 10.0 Å². The molecule has 0 saturated carbocycles. The van der Waals surface area contributed by atoms with Crippen molar-refractivity contribution in [1.29, 1.82) is 0 Å². The molecule has 98 valence electrons. The summed E-state index contributed by atoms with van der Waals surface area (Å²) >= 11 is 0. The van der Waals surface area contributed by atoms with Crippen molar-refractivity contribution in [2.24, 2.45) is 0 Å². The zero-order chi connectivity index (χ0) is 12.8. The highest BCUT2D eigenvalue weighted by atomic mass is 32.2. The maximum Gasteiger partial charge on any atom is 0.229 e. The van der Waals surface area contributed by atoms with Crippen molar-refractivity contribution in [2.45, 2.75) is 18.5 Å². The lowest BCUT2D eigenvalue weighted by molar-refractivity contribution is 0.580. The molecular formula is C12H17N3O2S. The van der Waals surface area contributed by atoms with E-state index in [0.717, 1.165) is 19.3 Å². The maximum absolute atomic E-state index is 11.1. The predicted octanol–water partition coefficient (Wildman–Crippen LogP) is 0.609. The van der Waals surface area contributed by atoms with Gasteiger partial charge in [-0.15, -0.1) is 0 Å². The third-order valence-electron chi connectivity index (χ3n) is 3.56. The van der Waals surface area contributed by atoms with Gasteiger partial charge in [-0.1, -0.05) is 0 Å². The third-order valence-corrected chi connectivity index (χ3v) is 4.17. The van der Waals surface area contributed by atoms with E-state index >= 15 is 0 Å². The van der Waals surface area contributed by atoms with Gasteiger partial charge in [0.2, 0.25) is 10.0 Å². The topological polar surface area (TPSA) is 61.4 Å². The molecule has 2 aliphatic rings. The number of benzene rings is 1.